The van der Waals surface area contributed by atoms with Crippen LogP contribution in [0.4, 0.5) is 0 Å². The van der Waals surface area contributed by atoms with E-state index in [9.17, 15) is 4.79 Å². The van der Waals surface area contributed by atoms with Crippen LogP contribution >= 0.6 is 0 Å². The van der Waals surface area contributed by atoms with Gasteiger partial charge in [0.15, 0.2) is 0 Å². The van der Waals surface area contributed by atoms with E-state index in [-0.39, 0.29) is 18.4 Å². The Morgan fingerprint density at radius 1 is 1.79 bits per heavy atom. The number of hydrogen-bond acceptors (Lipinski definition) is 4. The van der Waals surface area contributed by atoms with Crippen molar-refractivity contribution in [2.24, 2.45) is 5.73 Å². The van der Waals surface area contributed by atoms with Gasteiger partial charge in [0, 0.05) is 18.7 Å². The molecule has 1 unspecified atom stereocenters. The molecule has 3 N–H and O–H groups in total. The lowest BCUT2D eigenvalue weighted by Crippen LogP contribution is -2.38. The molecule has 0 aliphatic carbocycles. The molecule has 0 saturated carbocycles. The smallest absolute Gasteiger partial charge is 0.226 e. The molecule has 1 atom stereocenters. The SMILES string of the molecule is Cc1cc(CC(=O)NC(C)CN)no1. The van der Waals surface area contributed by atoms with Crippen LogP contribution in [0.2, 0.25) is 0 Å². The third kappa shape index (κ3) is 3.18. The van der Waals surface area contributed by atoms with E-state index >= 15 is 0 Å². The van der Waals surface area contributed by atoms with Gasteiger partial charge in [-0.15, -0.1) is 0 Å². The maximum absolute atomic E-state index is 11.3. The minimum absolute atomic E-state index is 0.00417. The number of nitrogens with one attached hydrogen (secondary N) is 1. The van der Waals surface area contributed by atoms with E-state index in [1.807, 2.05) is 6.92 Å². The van der Waals surface area contributed by atoms with Gasteiger partial charge in [-0.3, -0.25) is 4.79 Å². The summed E-state index contributed by atoms with van der Waals surface area (Å²) in [6, 6.07) is 1.74. The predicted octanol–water partition coefficient (Wildman–Crippen LogP) is -0.0111. The number of aromatic nitrogens is 1. The maximum Gasteiger partial charge on any atom is 0.226 e. The Morgan fingerprint density at radius 2 is 2.50 bits per heavy atom. The summed E-state index contributed by atoms with van der Waals surface area (Å²) >= 11 is 0. The first-order chi connectivity index (χ1) is 6.61. The van der Waals surface area contributed by atoms with Gasteiger partial charge in [-0.1, -0.05) is 5.16 Å². The fraction of sp³-hybridized carbons (Fsp3) is 0.556. The number of carbonyl (C=O) groups excluding carboxylic acids is 1. The molecular weight excluding hydrogens is 182 g/mol. The second-order valence-electron chi connectivity index (χ2n) is 3.31. The van der Waals surface area contributed by atoms with Crippen molar-refractivity contribution in [3.63, 3.8) is 0 Å². The zero-order valence-electron chi connectivity index (χ0n) is 8.41. The zero-order chi connectivity index (χ0) is 10.6. The molecule has 0 fully saturated rings. The lowest BCUT2D eigenvalue weighted by Gasteiger charge is -2.09. The van der Waals surface area contributed by atoms with Crippen LogP contribution in [-0.2, 0) is 11.2 Å². The highest BCUT2D eigenvalue weighted by Gasteiger charge is 2.09. The third-order valence-corrected chi connectivity index (χ3v) is 1.78. The van der Waals surface area contributed by atoms with Gasteiger partial charge in [0.25, 0.3) is 0 Å². The number of hydrogen-bond donors (Lipinski definition) is 2. The molecule has 14 heavy (non-hydrogen) atoms. The Balaban J connectivity index is 2.41. The average molecular weight is 197 g/mol. The molecule has 0 radical (unpaired) electrons. The Hall–Kier alpha value is -1.36. The normalized spacial score (nSPS) is 12.5. The van der Waals surface area contributed by atoms with Crippen molar-refractivity contribution in [1.82, 2.24) is 10.5 Å². The number of carbonyl (C=O) groups is 1. The van der Waals surface area contributed by atoms with Gasteiger partial charge in [-0.2, -0.15) is 0 Å². The van der Waals surface area contributed by atoms with E-state index in [2.05, 4.69) is 10.5 Å². The first kappa shape index (κ1) is 10.7. The topological polar surface area (TPSA) is 81.2 Å². The molecule has 1 aromatic heterocycles. The van der Waals surface area contributed by atoms with Gasteiger partial charge in [-0.25, -0.2) is 0 Å². The molecule has 5 nitrogen and oxygen atoms in total. The van der Waals surface area contributed by atoms with Crippen LogP contribution in [0.3, 0.4) is 0 Å². The second kappa shape index (κ2) is 4.76. The number of amides is 1. The number of nitrogens with two attached hydrogens (primary N) is 1. The van der Waals surface area contributed by atoms with Crippen LogP contribution in [0, 0.1) is 6.92 Å². The minimum Gasteiger partial charge on any atom is -0.361 e. The average Bonchev–Trinajstić information content (AvgIpc) is 2.50. The van der Waals surface area contributed by atoms with Crippen molar-refractivity contribution in [2.45, 2.75) is 26.3 Å². The highest BCUT2D eigenvalue weighted by Crippen LogP contribution is 2.01. The Morgan fingerprint density at radius 3 is 3.00 bits per heavy atom. The van der Waals surface area contributed by atoms with Crippen LogP contribution in [-0.4, -0.2) is 23.7 Å². The van der Waals surface area contributed by atoms with E-state index in [4.69, 9.17) is 10.3 Å². The number of rotatable bonds is 4. The van der Waals surface area contributed by atoms with Gasteiger partial charge >= 0.3 is 0 Å². The molecule has 1 heterocycles. The standard InChI is InChI=1S/C9H15N3O2/c1-6(5-10)11-9(13)4-8-3-7(2)14-12-8/h3,6H,4-5,10H2,1-2H3,(H,11,13). The molecule has 1 aromatic rings. The molecule has 5 heteroatoms. The van der Waals surface area contributed by atoms with Gasteiger partial charge in [-0.05, 0) is 13.8 Å². The minimum atomic E-state index is -0.0868. The lowest BCUT2D eigenvalue weighted by molar-refractivity contribution is -0.121. The summed E-state index contributed by atoms with van der Waals surface area (Å²) in [4.78, 5) is 11.3. The van der Waals surface area contributed by atoms with Crippen LogP contribution in [0.15, 0.2) is 10.6 Å². The van der Waals surface area contributed by atoms with E-state index in [0.29, 0.717) is 18.0 Å². The van der Waals surface area contributed by atoms with E-state index in [1.165, 1.54) is 0 Å². The van der Waals surface area contributed by atoms with E-state index in [1.54, 1.807) is 13.0 Å². The first-order valence-corrected chi connectivity index (χ1v) is 4.53. The van der Waals surface area contributed by atoms with Crippen molar-refractivity contribution in [3.8, 4) is 0 Å². The van der Waals surface area contributed by atoms with Crippen LogP contribution in [0.5, 0.6) is 0 Å². The van der Waals surface area contributed by atoms with Crippen molar-refractivity contribution in [1.29, 1.82) is 0 Å². The molecule has 78 valence electrons. The summed E-state index contributed by atoms with van der Waals surface area (Å²) < 4.78 is 4.84. The summed E-state index contributed by atoms with van der Waals surface area (Å²) in [7, 11) is 0. The fourth-order valence-electron chi connectivity index (χ4n) is 1.05. The fourth-order valence-corrected chi connectivity index (χ4v) is 1.05. The number of nitrogens with zero attached hydrogens (tertiary/aromatic N) is 1. The molecule has 0 aromatic carbocycles. The maximum atomic E-state index is 11.3. The quantitative estimate of drug-likeness (QED) is 0.711. The Labute approximate surface area is 82.6 Å². The van der Waals surface area contributed by atoms with Crippen molar-refractivity contribution >= 4 is 5.91 Å². The summed E-state index contributed by atoms with van der Waals surface area (Å²) in [5.41, 5.74) is 6.01. The first-order valence-electron chi connectivity index (χ1n) is 4.53. The van der Waals surface area contributed by atoms with Crippen LogP contribution in [0.25, 0.3) is 0 Å². The van der Waals surface area contributed by atoms with Crippen molar-refractivity contribution in [2.75, 3.05) is 6.54 Å². The Bertz CT molecular complexity index is 309. The van der Waals surface area contributed by atoms with Crippen molar-refractivity contribution < 1.29 is 9.32 Å². The van der Waals surface area contributed by atoms with Gasteiger partial charge in [0.1, 0.15) is 5.76 Å². The van der Waals surface area contributed by atoms with E-state index in [0.717, 1.165) is 0 Å². The summed E-state index contributed by atoms with van der Waals surface area (Å²) in [6.07, 6.45) is 0.238. The molecular formula is C9H15N3O2. The second-order valence-corrected chi connectivity index (χ2v) is 3.31. The molecule has 1 amide bonds. The molecule has 0 bridgehead atoms. The summed E-state index contributed by atoms with van der Waals surface area (Å²) in [5, 5.41) is 6.46. The molecule has 1 rings (SSSR count). The highest BCUT2D eigenvalue weighted by atomic mass is 16.5. The number of aryl methyl sites for hydroxylation is 1. The molecule has 0 spiro atoms. The monoisotopic (exact) mass is 197 g/mol. The molecule has 0 aliphatic heterocycles. The molecule has 0 saturated heterocycles. The highest BCUT2D eigenvalue weighted by molar-refractivity contribution is 5.78. The van der Waals surface area contributed by atoms with E-state index < -0.39 is 0 Å². The summed E-state index contributed by atoms with van der Waals surface area (Å²) in [6.45, 7) is 4.08. The van der Waals surface area contributed by atoms with Gasteiger partial charge < -0.3 is 15.6 Å². The van der Waals surface area contributed by atoms with Gasteiger partial charge in [0.2, 0.25) is 5.91 Å². The zero-order valence-corrected chi connectivity index (χ0v) is 8.41. The van der Waals surface area contributed by atoms with Gasteiger partial charge in [0.05, 0.1) is 12.1 Å². The largest absolute Gasteiger partial charge is 0.361 e. The van der Waals surface area contributed by atoms with Crippen LogP contribution < -0.4 is 11.1 Å². The van der Waals surface area contributed by atoms with Crippen LogP contribution in [0.1, 0.15) is 18.4 Å². The summed E-state index contributed by atoms with van der Waals surface area (Å²) in [5.74, 6) is 0.621. The third-order valence-electron chi connectivity index (χ3n) is 1.78. The predicted molar refractivity (Wildman–Crippen MR) is 51.6 cm³/mol. The molecule has 0 aliphatic rings. The Kier molecular flexibility index (Phi) is 3.64. The van der Waals surface area contributed by atoms with Crippen molar-refractivity contribution in [3.05, 3.63) is 17.5 Å². The lowest BCUT2D eigenvalue weighted by atomic mass is 10.2.